The summed E-state index contributed by atoms with van der Waals surface area (Å²) < 4.78 is 15.4. The number of carbonyl (C=O) groups is 1. The van der Waals surface area contributed by atoms with Gasteiger partial charge in [0.15, 0.2) is 0 Å². The van der Waals surface area contributed by atoms with E-state index >= 15 is 0 Å². The molecule has 21 heavy (non-hydrogen) atoms. The van der Waals surface area contributed by atoms with Gasteiger partial charge in [0.1, 0.15) is 11.6 Å². The highest BCUT2D eigenvalue weighted by Crippen LogP contribution is 2.31. The van der Waals surface area contributed by atoms with Gasteiger partial charge < -0.3 is 10.1 Å². The highest BCUT2D eigenvalue weighted by Gasteiger charge is 2.15. The molecule has 3 aromatic rings. The number of halogens is 3. The Morgan fingerprint density at radius 1 is 1.24 bits per heavy atom. The van der Waals surface area contributed by atoms with Gasteiger partial charge in [-0.3, -0.25) is 0 Å². The highest BCUT2D eigenvalue weighted by atomic mass is 79.9. The molecule has 0 radical (unpaired) electrons. The summed E-state index contributed by atoms with van der Waals surface area (Å²) in [6.07, 6.45) is 0. The quantitative estimate of drug-likeness (QED) is 0.645. The maximum atomic E-state index is 13.7. The lowest BCUT2D eigenvalue weighted by atomic mass is 10.2. The lowest BCUT2D eigenvalue weighted by Gasteiger charge is -2.01. The zero-order chi connectivity index (χ0) is 15.1. The summed E-state index contributed by atoms with van der Waals surface area (Å²) in [7, 11) is 0. The third kappa shape index (κ3) is 2.58. The Hall–Kier alpha value is -1.73. The number of hydrogen-bond donors (Lipinski definition) is 2. The van der Waals surface area contributed by atoms with Crippen LogP contribution in [0, 0.1) is 5.82 Å². The van der Waals surface area contributed by atoms with Crippen molar-refractivity contribution in [3.63, 3.8) is 0 Å². The number of hydrogen-bond acceptors (Lipinski definition) is 2. The van der Waals surface area contributed by atoms with E-state index < -0.39 is 17.3 Å². The molecule has 0 saturated heterocycles. The van der Waals surface area contributed by atoms with Crippen LogP contribution >= 0.6 is 31.9 Å². The molecule has 1 heterocycles. The molecule has 0 bridgehead atoms. The Bertz CT molecular complexity index is 877. The standard InChI is InChI=1S/C14H7Br2FN2O2/c15-6-1-2-9(16)7(3-6)13-18-11-4-8(14(20)21)10(17)5-12(11)19-13/h1-5H,(H,18,19)(H,20,21). The number of carboxylic acids is 1. The van der Waals surface area contributed by atoms with Crippen molar-refractivity contribution in [3.8, 4) is 11.4 Å². The third-order valence-corrected chi connectivity index (χ3v) is 4.17. The number of benzene rings is 2. The summed E-state index contributed by atoms with van der Waals surface area (Å²) in [5.41, 5.74) is 1.24. The van der Waals surface area contributed by atoms with E-state index in [9.17, 15) is 9.18 Å². The molecule has 3 rings (SSSR count). The number of aromatic amines is 1. The van der Waals surface area contributed by atoms with Crippen molar-refractivity contribution >= 4 is 48.9 Å². The van der Waals surface area contributed by atoms with Crippen molar-refractivity contribution in [2.45, 2.75) is 0 Å². The third-order valence-electron chi connectivity index (χ3n) is 2.98. The molecule has 1 aromatic heterocycles. The van der Waals surface area contributed by atoms with Crippen LogP contribution in [0.25, 0.3) is 22.4 Å². The van der Waals surface area contributed by atoms with Gasteiger partial charge in [-0.05, 0) is 24.3 Å². The summed E-state index contributed by atoms with van der Waals surface area (Å²) in [4.78, 5) is 18.3. The molecule has 0 saturated carbocycles. The van der Waals surface area contributed by atoms with Crippen LogP contribution in [-0.2, 0) is 0 Å². The van der Waals surface area contributed by atoms with Gasteiger partial charge in [0.25, 0.3) is 0 Å². The van der Waals surface area contributed by atoms with Crippen LogP contribution in [0.4, 0.5) is 4.39 Å². The van der Waals surface area contributed by atoms with Crippen molar-refractivity contribution < 1.29 is 14.3 Å². The SMILES string of the molecule is O=C(O)c1cc2nc(-c3cc(Br)ccc3Br)[nH]c2cc1F. The second-order valence-corrected chi connectivity index (χ2v) is 6.13. The molecule has 7 heteroatoms. The molecule has 0 aliphatic carbocycles. The van der Waals surface area contributed by atoms with Gasteiger partial charge in [-0.25, -0.2) is 14.2 Å². The van der Waals surface area contributed by atoms with E-state index in [0.717, 1.165) is 20.6 Å². The molecule has 106 valence electrons. The first-order valence-corrected chi connectivity index (χ1v) is 7.42. The predicted molar refractivity (Wildman–Crippen MR) is 83.8 cm³/mol. The van der Waals surface area contributed by atoms with Crippen LogP contribution in [-0.4, -0.2) is 21.0 Å². The average Bonchev–Trinajstić information content (AvgIpc) is 2.82. The van der Waals surface area contributed by atoms with Gasteiger partial charge in [0.05, 0.1) is 16.6 Å². The average molecular weight is 414 g/mol. The number of rotatable bonds is 2. The van der Waals surface area contributed by atoms with Crippen LogP contribution in [0.3, 0.4) is 0 Å². The van der Waals surface area contributed by atoms with E-state index in [1.165, 1.54) is 6.07 Å². The number of nitrogens with one attached hydrogen (secondary N) is 1. The van der Waals surface area contributed by atoms with Gasteiger partial charge >= 0.3 is 5.97 Å². The molecule has 2 aromatic carbocycles. The summed E-state index contributed by atoms with van der Waals surface area (Å²) in [5.74, 6) is -1.58. The van der Waals surface area contributed by atoms with E-state index in [4.69, 9.17) is 5.11 Å². The van der Waals surface area contributed by atoms with Crippen molar-refractivity contribution in [3.05, 3.63) is 50.7 Å². The number of fused-ring (bicyclic) bond motifs is 1. The molecular formula is C14H7Br2FN2O2. The number of aromatic carboxylic acids is 1. The van der Waals surface area contributed by atoms with E-state index in [1.807, 2.05) is 18.2 Å². The largest absolute Gasteiger partial charge is 0.478 e. The Balaban J connectivity index is 2.21. The minimum Gasteiger partial charge on any atom is -0.478 e. The number of imidazole rings is 1. The molecule has 0 fully saturated rings. The molecule has 4 nitrogen and oxygen atoms in total. The first kappa shape index (κ1) is 14.2. The molecule has 2 N–H and O–H groups in total. The van der Waals surface area contributed by atoms with Crippen LogP contribution in [0.2, 0.25) is 0 Å². The lowest BCUT2D eigenvalue weighted by molar-refractivity contribution is 0.0692. The number of carboxylic acid groups (broad SMARTS) is 1. The van der Waals surface area contributed by atoms with Crippen LogP contribution in [0.1, 0.15) is 10.4 Å². The van der Waals surface area contributed by atoms with Gasteiger partial charge in [0, 0.05) is 20.6 Å². The molecule has 0 aliphatic rings. The monoisotopic (exact) mass is 412 g/mol. The second-order valence-electron chi connectivity index (χ2n) is 4.36. The fraction of sp³-hybridized carbons (Fsp3) is 0. The lowest BCUT2D eigenvalue weighted by Crippen LogP contribution is -1.99. The molecule has 0 unspecified atom stereocenters. The molecule has 0 spiro atoms. The Labute approximate surface area is 135 Å². The predicted octanol–water partition coefficient (Wildman–Crippen LogP) is 4.59. The minimum absolute atomic E-state index is 0.395. The van der Waals surface area contributed by atoms with Crippen LogP contribution in [0.5, 0.6) is 0 Å². The fourth-order valence-electron chi connectivity index (χ4n) is 2.00. The summed E-state index contributed by atoms with van der Waals surface area (Å²) >= 11 is 6.81. The zero-order valence-electron chi connectivity index (χ0n) is 10.3. The smallest absolute Gasteiger partial charge is 0.338 e. The first-order chi connectivity index (χ1) is 9.95. The van der Waals surface area contributed by atoms with Crippen molar-refractivity contribution in [1.29, 1.82) is 0 Å². The van der Waals surface area contributed by atoms with Crippen molar-refractivity contribution in [2.75, 3.05) is 0 Å². The number of H-pyrrole nitrogens is 1. The molecule has 0 amide bonds. The van der Waals surface area contributed by atoms with E-state index in [1.54, 1.807) is 0 Å². The van der Waals surface area contributed by atoms with Crippen molar-refractivity contribution in [1.82, 2.24) is 9.97 Å². The maximum Gasteiger partial charge on any atom is 0.338 e. The Morgan fingerprint density at radius 2 is 2.00 bits per heavy atom. The van der Waals surface area contributed by atoms with E-state index in [2.05, 4.69) is 41.8 Å². The van der Waals surface area contributed by atoms with E-state index in [-0.39, 0.29) is 0 Å². The zero-order valence-corrected chi connectivity index (χ0v) is 13.5. The summed E-state index contributed by atoms with van der Waals surface area (Å²) in [6, 6.07) is 7.95. The normalized spacial score (nSPS) is 11.0. The van der Waals surface area contributed by atoms with Gasteiger partial charge in [0.2, 0.25) is 0 Å². The van der Waals surface area contributed by atoms with Gasteiger partial charge in [-0.1, -0.05) is 31.9 Å². The minimum atomic E-state index is -1.32. The highest BCUT2D eigenvalue weighted by molar-refractivity contribution is 9.11. The topological polar surface area (TPSA) is 66.0 Å². The molecular weight excluding hydrogens is 407 g/mol. The maximum absolute atomic E-state index is 13.7. The van der Waals surface area contributed by atoms with E-state index in [0.29, 0.717) is 16.9 Å². The number of aromatic nitrogens is 2. The van der Waals surface area contributed by atoms with Gasteiger partial charge in [-0.2, -0.15) is 0 Å². The molecule has 0 aliphatic heterocycles. The van der Waals surface area contributed by atoms with Crippen LogP contribution in [0.15, 0.2) is 39.3 Å². The summed E-state index contributed by atoms with van der Waals surface area (Å²) in [6.45, 7) is 0. The molecule has 0 atom stereocenters. The fourth-order valence-corrected chi connectivity index (χ4v) is 2.80. The van der Waals surface area contributed by atoms with Gasteiger partial charge in [-0.15, -0.1) is 0 Å². The van der Waals surface area contributed by atoms with Crippen LogP contribution < -0.4 is 0 Å². The number of nitrogens with zero attached hydrogens (tertiary/aromatic N) is 1. The Morgan fingerprint density at radius 3 is 2.71 bits per heavy atom. The first-order valence-electron chi connectivity index (χ1n) is 5.83. The second kappa shape index (κ2) is 5.23. The van der Waals surface area contributed by atoms with Crippen molar-refractivity contribution in [2.24, 2.45) is 0 Å². The Kier molecular flexibility index (Phi) is 3.54. The summed E-state index contributed by atoms with van der Waals surface area (Å²) in [5, 5.41) is 8.94.